The molecule has 0 unspecified atom stereocenters. The summed E-state index contributed by atoms with van der Waals surface area (Å²) in [6.07, 6.45) is -3.60. The van der Waals surface area contributed by atoms with Gasteiger partial charge < -0.3 is 21.1 Å². The Morgan fingerprint density at radius 3 is 2.57 bits per heavy atom. The van der Waals surface area contributed by atoms with E-state index in [1.807, 2.05) is 0 Å². The molecule has 1 fully saturated rings. The number of aliphatic hydroxyl groups excluding tert-OH is 1. The van der Waals surface area contributed by atoms with Gasteiger partial charge in [0, 0.05) is 32.1 Å². The number of carbonyl (C=O) groups is 1. The zero-order chi connectivity index (χ0) is 25.6. The summed E-state index contributed by atoms with van der Waals surface area (Å²) in [6.45, 7) is -0.0856. The zero-order valence-corrected chi connectivity index (χ0v) is 18.8. The first-order chi connectivity index (χ1) is 16.6. The monoisotopic (exact) mass is 502 g/mol. The van der Waals surface area contributed by atoms with Gasteiger partial charge in [0.1, 0.15) is 13.0 Å². The van der Waals surface area contributed by atoms with Crippen molar-refractivity contribution in [2.75, 3.05) is 49.6 Å². The van der Waals surface area contributed by atoms with Gasteiger partial charge in [-0.05, 0) is 30.7 Å². The Kier molecular flexibility index (Phi) is 8.78. The summed E-state index contributed by atoms with van der Waals surface area (Å²) >= 11 is 0. The quantitative estimate of drug-likeness (QED) is 0.428. The number of hydrogen-bond donors (Lipinski definition) is 3. The number of β-amino-alcohol motifs (C(OH)–C–C–N with tert-alkyl or cyclic N) is 1. The van der Waals surface area contributed by atoms with Crippen LogP contribution in [0.15, 0.2) is 30.6 Å². The van der Waals surface area contributed by atoms with E-state index < -0.39 is 36.2 Å². The number of aromatic nitrogens is 2. The van der Waals surface area contributed by atoms with Crippen LogP contribution in [-0.2, 0) is 17.5 Å². The van der Waals surface area contributed by atoms with E-state index in [9.17, 15) is 27.5 Å². The minimum absolute atomic E-state index is 0.0461. The number of aliphatic hydroxyl groups is 1. The Morgan fingerprint density at radius 1 is 1.26 bits per heavy atom. The number of benzene rings is 1. The first-order valence-corrected chi connectivity index (χ1v) is 11.0. The summed E-state index contributed by atoms with van der Waals surface area (Å²) in [5, 5.41) is 13.2. The van der Waals surface area contributed by atoms with Crippen molar-refractivity contribution < 1.29 is 31.9 Å². The third kappa shape index (κ3) is 7.21. The number of alkyl halides is 4. The molecule has 1 aliphatic heterocycles. The molecule has 1 amide bonds. The molecule has 13 heteroatoms. The van der Waals surface area contributed by atoms with Gasteiger partial charge >= 0.3 is 6.18 Å². The van der Waals surface area contributed by atoms with Gasteiger partial charge in [-0.25, -0.2) is 14.4 Å². The molecule has 4 N–H and O–H groups in total. The van der Waals surface area contributed by atoms with Crippen molar-refractivity contribution in [2.24, 2.45) is 11.7 Å². The fourth-order valence-electron chi connectivity index (χ4n) is 3.96. The third-order valence-electron chi connectivity index (χ3n) is 5.80. The number of carbonyl (C=O) groups excluding carboxylic acids is 1. The molecule has 1 aromatic heterocycles. The van der Waals surface area contributed by atoms with E-state index in [2.05, 4.69) is 15.3 Å². The topological polar surface area (TPSA) is 108 Å². The standard InChI is InChI=1S/C22H27F5N6O2/c23-6-8-33(10-14-1-3-16(4-2-14)22(25,26)27)21-19(24)20(30-13-31-21)29-9-15-5-7-32(11-17(15)34)12-18(28)35/h1-4,13,15,17,34H,5-12H2,(H2,28,35)(H,29,30,31)/t15-,17+/m1/s1. The lowest BCUT2D eigenvalue weighted by Gasteiger charge is -2.35. The second kappa shape index (κ2) is 11.6. The number of nitrogens with two attached hydrogens (primary N) is 1. The first-order valence-electron chi connectivity index (χ1n) is 11.0. The number of amides is 1. The van der Waals surface area contributed by atoms with Gasteiger partial charge in [0.15, 0.2) is 11.6 Å². The predicted octanol–water partition coefficient (Wildman–Crippen LogP) is 2.19. The minimum Gasteiger partial charge on any atom is -0.391 e. The lowest BCUT2D eigenvalue weighted by atomic mass is 9.93. The second-order valence-corrected chi connectivity index (χ2v) is 8.36. The lowest BCUT2D eigenvalue weighted by molar-refractivity contribution is -0.137. The van der Waals surface area contributed by atoms with Crippen LogP contribution in [0, 0.1) is 11.7 Å². The van der Waals surface area contributed by atoms with Crippen LogP contribution in [0.4, 0.5) is 33.6 Å². The predicted molar refractivity (Wildman–Crippen MR) is 119 cm³/mol. The highest BCUT2D eigenvalue weighted by Crippen LogP contribution is 2.30. The van der Waals surface area contributed by atoms with Crippen LogP contribution < -0.4 is 16.0 Å². The van der Waals surface area contributed by atoms with Crippen LogP contribution in [0.25, 0.3) is 0 Å². The zero-order valence-electron chi connectivity index (χ0n) is 18.8. The summed E-state index contributed by atoms with van der Waals surface area (Å²) in [4.78, 5) is 21.9. The fourth-order valence-corrected chi connectivity index (χ4v) is 3.96. The summed E-state index contributed by atoms with van der Waals surface area (Å²) in [5.41, 5.74) is 4.79. The highest BCUT2D eigenvalue weighted by Gasteiger charge is 2.30. The van der Waals surface area contributed by atoms with Crippen LogP contribution in [0.5, 0.6) is 0 Å². The van der Waals surface area contributed by atoms with Crippen LogP contribution in [0.2, 0.25) is 0 Å². The number of likely N-dealkylation sites (tertiary alicyclic amines) is 1. The molecule has 0 radical (unpaired) electrons. The smallest absolute Gasteiger partial charge is 0.391 e. The van der Waals surface area contributed by atoms with Gasteiger partial charge in [-0.1, -0.05) is 12.1 Å². The number of piperidine rings is 1. The fraction of sp³-hybridized carbons (Fsp3) is 0.500. The van der Waals surface area contributed by atoms with Gasteiger partial charge in [-0.3, -0.25) is 9.69 Å². The number of nitrogens with zero attached hydrogens (tertiary/aromatic N) is 4. The molecule has 3 rings (SSSR count). The molecule has 2 atom stereocenters. The summed E-state index contributed by atoms with van der Waals surface area (Å²) in [5.74, 6) is -1.90. The van der Waals surface area contributed by atoms with Gasteiger partial charge in [0.2, 0.25) is 11.7 Å². The van der Waals surface area contributed by atoms with Gasteiger partial charge in [0.25, 0.3) is 0 Å². The number of hydrogen-bond acceptors (Lipinski definition) is 7. The van der Waals surface area contributed by atoms with Crippen molar-refractivity contribution in [3.8, 4) is 0 Å². The highest BCUT2D eigenvalue weighted by atomic mass is 19.4. The number of nitrogens with one attached hydrogen (secondary N) is 1. The summed E-state index contributed by atoms with van der Waals surface area (Å²) in [7, 11) is 0. The molecule has 0 aliphatic carbocycles. The van der Waals surface area contributed by atoms with Gasteiger partial charge in [0.05, 0.1) is 18.2 Å². The van der Waals surface area contributed by atoms with E-state index in [1.54, 1.807) is 4.90 Å². The van der Waals surface area contributed by atoms with E-state index in [1.165, 1.54) is 17.0 Å². The van der Waals surface area contributed by atoms with E-state index in [4.69, 9.17) is 5.73 Å². The Labute approximate surface area is 198 Å². The Bertz CT molecular complexity index is 991. The average molecular weight is 502 g/mol. The third-order valence-corrected chi connectivity index (χ3v) is 5.80. The Morgan fingerprint density at radius 2 is 1.97 bits per heavy atom. The molecule has 192 valence electrons. The van der Waals surface area contributed by atoms with Crippen molar-refractivity contribution in [1.29, 1.82) is 0 Å². The molecule has 1 saturated heterocycles. The highest BCUT2D eigenvalue weighted by molar-refractivity contribution is 5.75. The van der Waals surface area contributed by atoms with Crippen LogP contribution in [0.1, 0.15) is 17.5 Å². The Hall–Kier alpha value is -3.06. The van der Waals surface area contributed by atoms with Crippen molar-refractivity contribution in [3.63, 3.8) is 0 Å². The number of primary amides is 1. The van der Waals surface area contributed by atoms with Gasteiger partial charge in [-0.2, -0.15) is 17.6 Å². The van der Waals surface area contributed by atoms with Gasteiger partial charge in [-0.15, -0.1) is 0 Å². The normalized spacial score (nSPS) is 18.9. The molecule has 0 spiro atoms. The number of anilines is 2. The SMILES string of the molecule is NC(=O)CN1CC[C@H](CNc2ncnc(N(CCF)Cc3ccc(C(F)(F)F)cc3)c2F)[C@@H](O)C1. The number of rotatable bonds is 10. The van der Waals surface area contributed by atoms with Crippen LogP contribution in [-0.4, -0.2) is 71.4 Å². The Balaban J connectivity index is 1.67. The molecule has 35 heavy (non-hydrogen) atoms. The first kappa shape index (κ1) is 26.5. The average Bonchev–Trinajstić information content (AvgIpc) is 2.78. The maximum atomic E-state index is 15.2. The van der Waals surface area contributed by atoms with E-state index in [-0.39, 0.29) is 50.3 Å². The largest absolute Gasteiger partial charge is 0.416 e. The molecule has 2 aromatic rings. The molecule has 8 nitrogen and oxygen atoms in total. The second-order valence-electron chi connectivity index (χ2n) is 8.36. The molecule has 0 bridgehead atoms. The van der Waals surface area contributed by atoms with E-state index in [0.717, 1.165) is 18.5 Å². The van der Waals surface area contributed by atoms with Crippen molar-refractivity contribution in [3.05, 3.63) is 47.5 Å². The molecule has 2 heterocycles. The van der Waals surface area contributed by atoms with Crippen molar-refractivity contribution in [1.82, 2.24) is 14.9 Å². The van der Waals surface area contributed by atoms with Crippen molar-refractivity contribution >= 4 is 17.5 Å². The summed E-state index contributed by atoms with van der Waals surface area (Å²) in [6, 6.07) is 4.31. The molecular weight excluding hydrogens is 475 g/mol. The maximum Gasteiger partial charge on any atom is 0.416 e. The molecule has 0 saturated carbocycles. The molecule has 1 aromatic carbocycles. The molecule has 1 aliphatic rings. The maximum absolute atomic E-state index is 15.2. The lowest BCUT2D eigenvalue weighted by Crippen LogP contribution is -2.48. The number of halogens is 5. The van der Waals surface area contributed by atoms with E-state index >= 15 is 4.39 Å². The van der Waals surface area contributed by atoms with Crippen LogP contribution >= 0.6 is 0 Å². The van der Waals surface area contributed by atoms with E-state index in [0.29, 0.717) is 18.5 Å². The molecular formula is C22H27F5N6O2. The minimum atomic E-state index is -4.48. The van der Waals surface area contributed by atoms with Crippen LogP contribution in [0.3, 0.4) is 0 Å². The summed E-state index contributed by atoms with van der Waals surface area (Å²) < 4.78 is 66.8. The van der Waals surface area contributed by atoms with Crippen molar-refractivity contribution in [2.45, 2.75) is 25.2 Å².